The molecule has 0 fully saturated rings. The Morgan fingerprint density at radius 3 is 1.32 bits per heavy atom. The van der Waals surface area contributed by atoms with Crippen LogP contribution in [0, 0.1) is 13.8 Å². The van der Waals surface area contributed by atoms with Crippen molar-refractivity contribution in [2.45, 2.75) is 66.2 Å². The monoisotopic (exact) mass is 583 g/mol. The number of rotatable bonds is 5. The minimum atomic E-state index is -1.57. The summed E-state index contributed by atoms with van der Waals surface area (Å²) in [5.74, 6) is 1.70. The first-order chi connectivity index (χ1) is 12.4. The fraction of sp³-hybridized carbons (Fsp3) is 0.478. The van der Waals surface area contributed by atoms with Gasteiger partial charge in [0.15, 0.2) is 0 Å². The molecule has 0 spiro atoms. The minimum absolute atomic E-state index is 0. The van der Waals surface area contributed by atoms with Gasteiger partial charge in [-0.2, -0.15) is 0 Å². The zero-order valence-corrected chi connectivity index (χ0v) is 21.6. The van der Waals surface area contributed by atoms with E-state index in [-0.39, 0.29) is 31.9 Å². The second-order valence-corrected chi connectivity index (χ2v) is 10.2. The van der Waals surface area contributed by atoms with E-state index in [0.29, 0.717) is 0 Å². The SMILES string of the molecule is COP(Oc1c(C)cccc1C(C)(C)C)Oc1c(C)cccc1C(C)(C)C.[Pt]. The molecule has 0 aliphatic heterocycles. The topological polar surface area (TPSA) is 27.7 Å². The Hall–Kier alpha value is -0.882. The predicted octanol–water partition coefficient (Wildman–Crippen LogP) is 7.23. The Bertz CT molecular complexity index is 726. The van der Waals surface area contributed by atoms with E-state index in [9.17, 15) is 0 Å². The third-order valence-corrected chi connectivity index (χ3v) is 5.48. The second-order valence-electron chi connectivity index (χ2n) is 8.99. The van der Waals surface area contributed by atoms with E-state index in [1.54, 1.807) is 7.11 Å². The van der Waals surface area contributed by atoms with Gasteiger partial charge in [0.05, 0.1) is 0 Å². The minimum Gasteiger partial charge on any atom is -0.417 e. The van der Waals surface area contributed by atoms with Gasteiger partial charge < -0.3 is 9.05 Å². The summed E-state index contributed by atoms with van der Waals surface area (Å²) in [6.45, 7) is 17.2. The summed E-state index contributed by atoms with van der Waals surface area (Å²) >= 11 is 0. The molecule has 28 heavy (non-hydrogen) atoms. The van der Waals surface area contributed by atoms with Gasteiger partial charge in [0.25, 0.3) is 0 Å². The second kappa shape index (κ2) is 9.75. The molecule has 158 valence electrons. The van der Waals surface area contributed by atoms with Crippen molar-refractivity contribution in [2.75, 3.05) is 7.11 Å². The van der Waals surface area contributed by atoms with Gasteiger partial charge in [-0.25, -0.2) is 0 Å². The maximum absolute atomic E-state index is 6.30. The van der Waals surface area contributed by atoms with Crippen LogP contribution in [0.25, 0.3) is 0 Å². The summed E-state index contributed by atoms with van der Waals surface area (Å²) in [6.07, 6.45) is 0. The van der Waals surface area contributed by atoms with Crippen molar-refractivity contribution >= 4 is 8.60 Å². The van der Waals surface area contributed by atoms with Crippen molar-refractivity contribution in [3.05, 3.63) is 58.7 Å². The van der Waals surface area contributed by atoms with Gasteiger partial charge >= 0.3 is 8.60 Å². The normalized spacial score (nSPS) is 11.9. The van der Waals surface area contributed by atoms with Crippen molar-refractivity contribution < 1.29 is 34.6 Å². The van der Waals surface area contributed by atoms with E-state index in [2.05, 4.69) is 91.8 Å². The molecule has 0 radical (unpaired) electrons. The van der Waals surface area contributed by atoms with Gasteiger partial charge in [-0.1, -0.05) is 77.9 Å². The molecule has 0 aliphatic carbocycles. The molecule has 2 aromatic carbocycles. The number of benzene rings is 2. The molecule has 0 unspecified atom stereocenters. The van der Waals surface area contributed by atoms with E-state index in [0.717, 1.165) is 33.8 Å². The quantitative estimate of drug-likeness (QED) is 0.348. The van der Waals surface area contributed by atoms with Crippen LogP contribution in [0.1, 0.15) is 63.8 Å². The number of hydrogen-bond donors (Lipinski definition) is 0. The van der Waals surface area contributed by atoms with E-state index in [1.165, 1.54) is 0 Å². The van der Waals surface area contributed by atoms with Crippen molar-refractivity contribution in [1.82, 2.24) is 0 Å². The zero-order valence-electron chi connectivity index (χ0n) is 18.5. The Kier molecular flexibility index (Phi) is 8.76. The summed E-state index contributed by atoms with van der Waals surface area (Å²) in [5.41, 5.74) is 4.39. The van der Waals surface area contributed by atoms with Crippen LogP contribution in [0.2, 0.25) is 0 Å². The van der Waals surface area contributed by atoms with Crippen LogP contribution >= 0.6 is 8.60 Å². The molecule has 2 rings (SSSR count). The van der Waals surface area contributed by atoms with Gasteiger partial charge in [0.2, 0.25) is 0 Å². The van der Waals surface area contributed by atoms with E-state index in [4.69, 9.17) is 13.6 Å². The molecule has 3 nitrogen and oxygen atoms in total. The first kappa shape index (κ1) is 25.2. The molecule has 5 heteroatoms. The Labute approximate surface area is 186 Å². The molecule has 0 saturated carbocycles. The Balaban J connectivity index is 0.00000392. The zero-order chi connectivity index (χ0) is 20.4. The van der Waals surface area contributed by atoms with Crippen LogP contribution in [0.15, 0.2) is 36.4 Å². The molecule has 0 atom stereocenters. The molecule has 0 N–H and O–H groups in total. The average molecular weight is 584 g/mol. The van der Waals surface area contributed by atoms with Gasteiger partial charge in [-0.05, 0) is 35.8 Å². The number of para-hydroxylation sites is 2. The smallest absolute Gasteiger partial charge is 0.417 e. The standard InChI is InChI=1S/C23H33O3P.Pt/c1-16-12-10-14-18(22(3,4)5)20(16)25-27(24-9)26-21-17(2)13-11-15-19(21)23(6,7)8;/h10-15H,1-9H3;. The van der Waals surface area contributed by atoms with E-state index >= 15 is 0 Å². The van der Waals surface area contributed by atoms with Crippen molar-refractivity contribution in [2.24, 2.45) is 0 Å². The van der Waals surface area contributed by atoms with Crippen LogP contribution in [-0.2, 0) is 36.4 Å². The maximum atomic E-state index is 6.30. The van der Waals surface area contributed by atoms with Gasteiger partial charge in [-0.15, -0.1) is 0 Å². The van der Waals surface area contributed by atoms with Crippen molar-refractivity contribution in [3.63, 3.8) is 0 Å². The maximum Gasteiger partial charge on any atom is 0.462 e. The third-order valence-electron chi connectivity index (χ3n) is 4.52. The summed E-state index contributed by atoms with van der Waals surface area (Å²) in [6, 6.07) is 12.5. The fourth-order valence-corrected chi connectivity index (χ4v) is 3.94. The van der Waals surface area contributed by atoms with E-state index < -0.39 is 8.60 Å². The van der Waals surface area contributed by atoms with Crippen molar-refractivity contribution in [1.29, 1.82) is 0 Å². The van der Waals surface area contributed by atoms with Gasteiger partial charge in [0, 0.05) is 39.3 Å². The first-order valence-corrected chi connectivity index (χ1v) is 10.4. The van der Waals surface area contributed by atoms with E-state index in [1.807, 2.05) is 0 Å². The average Bonchev–Trinajstić information content (AvgIpc) is 2.55. The van der Waals surface area contributed by atoms with Crippen LogP contribution in [0.5, 0.6) is 11.5 Å². The molecule has 0 amide bonds. The van der Waals surface area contributed by atoms with Crippen LogP contribution in [0.3, 0.4) is 0 Å². The Morgan fingerprint density at radius 1 is 0.679 bits per heavy atom. The summed E-state index contributed by atoms with van der Waals surface area (Å²) in [7, 11) is 0.0646. The van der Waals surface area contributed by atoms with Gasteiger partial charge in [-0.3, -0.25) is 4.52 Å². The van der Waals surface area contributed by atoms with Crippen LogP contribution in [0.4, 0.5) is 0 Å². The number of hydrogen-bond acceptors (Lipinski definition) is 3. The molecule has 0 bridgehead atoms. The molecule has 0 saturated heterocycles. The Morgan fingerprint density at radius 2 is 1.04 bits per heavy atom. The molecule has 0 aromatic heterocycles. The van der Waals surface area contributed by atoms with Crippen molar-refractivity contribution in [3.8, 4) is 11.5 Å². The first-order valence-electron chi connectivity index (χ1n) is 9.35. The van der Waals surface area contributed by atoms with Crippen LogP contribution < -0.4 is 9.05 Å². The third kappa shape index (κ3) is 6.06. The largest absolute Gasteiger partial charge is 0.462 e. The molecule has 0 aliphatic rings. The molecular weight excluding hydrogens is 550 g/mol. The predicted molar refractivity (Wildman–Crippen MR) is 115 cm³/mol. The van der Waals surface area contributed by atoms with Crippen LogP contribution in [-0.4, -0.2) is 7.11 Å². The molecule has 0 heterocycles. The summed E-state index contributed by atoms with van der Waals surface area (Å²) < 4.78 is 18.2. The number of aryl methyl sites for hydroxylation is 2. The molecule has 2 aromatic rings. The summed E-state index contributed by atoms with van der Waals surface area (Å²) in [5, 5.41) is 0. The molecular formula is C23H33O3PPt. The summed E-state index contributed by atoms with van der Waals surface area (Å²) in [4.78, 5) is 0. The fourth-order valence-electron chi connectivity index (χ4n) is 2.97. The van der Waals surface area contributed by atoms with Gasteiger partial charge in [0.1, 0.15) is 11.5 Å².